The molecule has 0 rings (SSSR count). The fraction of sp³-hybridized carbons (Fsp3) is 0.909. The number of carboxylic acid groups (broad SMARTS) is 1. The molecule has 0 aliphatic heterocycles. The summed E-state index contributed by atoms with van der Waals surface area (Å²) in [6.07, 6.45) is -3.70. The molecule has 0 spiro atoms. The minimum Gasteiger partial charge on any atom is -0.481 e. The molecule has 1 atom stereocenters. The summed E-state index contributed by atoms with van der Waals surface area (Å²) < 4.78 is 39.6. The number of ether oxygens (including phenoxy) is 1. The van der Waals surface area contributed by atoms with Crippen LogP contribution in [-0.4, -0.2) is 30.5 Å². The van der Waals surface area contributed by atoms with Crippen LogP contribution < -0.4 is 0 Å². The zero-order chi connectivity index (χ0) is 13.7. The molecule has 0 heterocycles. The predicted molar refractivity (Wildman–Crippen MR) is 56.7 cm³/mol. The van der Waals surface area contributed by atoms with Crippen LogP contribution in [0, 0.1) is 11.3 Å². The van der Waals surface area contributed by atoms with Gasteiger partial charge in [0.05, 0.1) is 5.92 Å². The minimum absolute atomic E-state index is 0.0701. The number of carboxylic acids is 1. The van der Waals surface area contributed by atoms with Gasteiger partial charge in [0, 0.05) is 6.61 Å². The maximum atomic E-state index is 11.7. The SMILES string of the molecule is CC(C)(C)C(CCCOCC(F)(F)F)C(=O)O. The van der Waals surface area contributed by atoms with E-state index in [1.807, 2.05) is 0 Å². The maximum Gasteiger partial charge on any atom is 0.411 e. The number of hydrogen-bond acceptors (Lipinski definition) is 2. The number of aliphatic carboxylic acids is 1. The van der Waals surface area contributed by atoms with E-state index in [1.165, 1.54) is 0 Å². The van der Waals surface area contributed by atoms with Crippen LogP contribution in [0.4, 0.5) is 13.2 Å². The third-order valence-electron chi connectivity index (χ3n) is 2.39. The van der Waals surface area contributed by atoms with Gasteiger partial charge in [-0.05, 0) is 18.3 Å². The fourth-order valence-electron chi connectivity index (χ4n) is 1.50. The number of alkyl halides is 3. The molecule has 6 heteroatoms. The Morgan fingerprint density at radius 1 is 1.29 bits per heavy atom. The zero-order valence-electron chi connectivity index (χ0n) is 10.3. The lowest BCUT2D eigenvalue weighted by atomic mass is 9.78. The van der Waals surface area contributed by atoms with Crippen molar-refractivity contribution in [1.82, 2.24) is 0 Å². The first-order chi connectivity index (χ1) is 7.54. The molecule has 102 valence electrons. The third-order valence-corrected chi connectivity index (χ3v) is 2.39. The Hall–Kier alpha value is -0.780. The zero-order valence-corrected chi connectivity index (χ0v) is 10.3. The molecule has 0 aromatic rings. The molecular formula is C11H19F3O3. The van der Waals surface area contributed by atoms with E-state index in [-0.39, 0.29) is 6.61 Å². The molecule has 0 saturated heterocycles. The van der Waals surface area contributed by atoms with Crippen molar-refractivity contribution in [3.63, 3.8) is 0 Å². The molecule has 3 nitrogen and oxygen atoms in total. The van der Waals surface area contributed by atoms with Gasteiger partial charge in [-0.25, -0.2) is 0 Å². The Balaban J connectivity index is 3.90. The molecule has 0 saturated carbocycles. The Labute approximate surface area is 99.0 Å². The van der Waals surface area contributed by atoms with E-state index in [1.54, 1.807) is 20.8 Å². The van der Waals surface area contributed by atoms with Gasteiger partial charge in [-0.1, -0.05) is 20.8 Å². The number of carbonyl (C=O) groups is 1. The normalized spacial score (nSPS) is 14.7. The van der Waals surface area contributed by atoms with Gasteiger partial charge in [-0.15, -0.1) is 0 Å². The van der Waals surface area contributed by atoms with Gasteiger partial charge < -0.3 is 9.84 Å². The van der Waals surface area contributed by atoms with E-state index >= 15 is 0 Å². The van der Waals surface area contributed by atoms with Crippen molar-refractivity contribution >= 4 is 5.97 Å². The molecule has 0 amide bonds. The van der Waals surface area contributed by atoms with E-state index in [0.717, 1.165) is 0 Å². The molecule has 0 aliphatic carbocycles. The van der Waals surface area contributed by atoms with Gasteiger partial charge in [0.15, 0.2) is 0 Å². The maximum absolute atomic E-state index is 11.7. The smallest absolute Gasteiger partial charge is 0.411 e. The van der Waals surface area contributed by atoms with Crippen LogP contribution in [0.5, 0.6) is 0 Å². The van der Waals surface area contributed by atoms with Crippen LogP contribution >= 0.6 is 0 Å². The summed E-state index contributed by atoms with van der Waals surface area (Å²) in [6, 6.07) is 0. The molecule has 0 radical (unpaired) electrons. The monoisotopic (exact) mass is 256 g/mol. The summed E-state index contributed by atoms with van der Waals surface area (Å²) in [4.78, 5) is 10.9. The van der Waals surface area contributed by atoms with Crippen molar-refractivity contribution in [3.05, 3.63) is 0 Å². The number of hydrogen-bond donors (Lipinski definition) is 1. The molecule has 1 N–H and O–H groups in total. The van der Waals surface area contributed by atoms with Crippen LogP contribution in [-0.2, 0) is 9.53 Å². The van der Waals surface area contributed by atoms with E-state index in [0.29, 0.717) is 12.8 Å². The minimum atomic E-state index is -4.32. The second-order valence-electron chi connectivity index (χ2n) is 5.07. The highest BCUT2D eigenvalue weighted by Gasteiger charge is 2.31. The van der Waals surface area contributed by atoms with E-state index in [4.69, 9.17) is 5.11 Å². The van der Waals surface area contributed by atoms with E-state index < -0.39 is 30.1 Å². The average Bonchev–Trinajstić information content (AvgIpc) is 2.05. The Bertz CT molecular complexity index is 243. The quantitative estimate of drug-likeness (QED) is 0.743. The van der Waals surface area contributed by atoms with Crippen molar-refractivity contribution < 1.29 is 27.8 Å². The first-order valence-electron chi connectivity index (χ1n) is 5.41. The van der Waals surface area contributed by atoms with Crippen molar-refractivity contribution in [1.29, 1.82) is 0 Å². The van der Waals surface area contributed by atoms with Gasteiger partial charge in [0.25, 0.3) is 0 Å². The summed E-state index contributed by atoms with van der Waals surface area (Å²) in [5, 5.41) is 8.97. The van der Waals surface area contributed by atoms with Crippen molar-refractivity contribution in [3.8, 4) is 0 Å². The van der Waals surface area contributed by atoms with Crippen molar-refractivity contribution in [2.45, 2.75) is 39.8 Å². The first-order valence-corrected chi connectivity index (χ1v) is 5.41. The standard InChI is InChI=1S/C11H19F3O3/c1-10(2,3)8(9(15)16)5-4-6-17-7-11(12,13)14/h8H,4-7H2,1-3H3,(H,15,16). The Morgan fingerprint density at radius 3 is 2.18 bits per heavy atom. The van der Waals surface area contributed by atoms with Crippen molar-refractivity contribution in [2.24, 2.45) is 11.3 Å². The van der Waals surface area contributed by atoms with Crippen LogP contribution in [0.15, 0.2) is 0 Å². The molecule has 1 unspecified atom stereocenters. The van der Waals surface area contributed by atoms with Crippen LogP contribution in [0.3, 0.4) is 0 Å². The molecule has 0 aromatic heterocycles. The molecule has 17 heavy (non-hydrogen) atoms. The Morgan fingerprint density at radius 2 is 1.82 bits per heavy atom. The van der Waals surface area contributed by atoms with Crippen LogP contribution in [0.1, 0.15) is 33.6 Å². The van der Waals surface area contributed by atoms with Gasteiger partial charge in [0.2, 0.25) is 0 Å². The van der Waals surface area contributed by atoms with Crippen LogP contribution in [0.2, 0.25) is 0 Å². The second-order valence-corrected chi connectivity index (χ2v) is 5.07. The summed E-state index contributed by atoms with van der Waals surface area (Å²) in [7, 11) is 0. The fourth-order valence-corrected chi connectivity index (χ4v) is 1.50. The topological polar surface area (TPSA) is 46.5 Å². The summed E-state index contributed by atoms with van der Waals surface area (Å²) >= 11 is 0. The summed E-state index contributed by atoms with van der Waals surface area (Å²) in [6.45, 7) is 4.03. The highest BCUT2D eigenvalue weighted by atomic mass is 19.4. The lowest BCUT2D eigenvalue weighted by Crippen LogP contribution is -2.28. The second kappa shape index (κ2) is 6.23. The number of rotatable bonds is 6. The van der Waals surface area contributed by atoms with Gasteiger partial charge >= 0.3 is 12.1 Å². The number of halogens is 3. The highest BCUT2D eigenvalue weighted by molar-refractivity contribution is 5.70. The molecule has 0 aliphatic rings. The lowest BCUT2D eigenvalue weighted by molar-refractivity contribution is -0.174. The Kier molecular flexibility index (Phi) is 5.95. The highest BCUT2D eigenvalue weighted by Crippen LogP contribution is 2.29. The van der Waals surface area contributed by atoms with E-state index in [9.17, 15) is 18.0 Å². The molecule has 0 bridgehead atoms. The lowest BCUT2D eigenvalue weighted by Gasteiger charge is -2.26. The van der Waals surface area contributed by atoms with Crippen LogP contribution in [0.25, 0.3) is 0 Å². The first kappa shape index (κ1) is 16.2. The molecule has 0 fully saturated rings. The predicted octanol–water partition coefficient (Wildman–Crippen LogP) is 3.09. The largest absolute Gasteiger partial charge is 0.481 e. The molecular weight excluding hydrogens is 237 g/mol. The summed E-state index contributed by atoms with van der Waals surface area (Å²) in [5.74, 6) is -1.50. The molecule has 0 aromatic carbocycles. The average molecular weight is 256 g/mol. The van der Waals surface area contributed by atoms with Crippen molar-refractivity contribution in [2.75, 3.05) is 13.2 Å². The van der Waals surface area contributed by atoms with E-state index in [2.05, 4.69) is 4.74 Å². The third kappa shape index (κ3) is 8.01. The van der Waals surface area contributed by atoms with Gasteiger partial charge in [-0.2, -0.15) is 13.2 Å². The summed E-state index contributed by atoms with van der Waals surface area (Å²) in [5.41, 5.74) is -0.407. The van der Waals surface area contributed by atoms with Gasteiger partial charge in [-0.3, -0.25) is 4.79 Å². The van der Waals surface area contributed by atoms with Gasteiger partial charge in [0.1, 0.15) is 6.61 Å².